The van der Waals surface area contributed by atoms with Gasteiger partial charge in [0.25, 0.3) is 0 Å². The molecule has 0 amide bonds. The average molecular weight is 330 g/mol. The maximum atomic E-state index is 6.14. The number of rotatable bonds is 3. The quantitative estimate of drug-likeness (QED) is 0.782. The van der Waals surface area contributed by atoms with E-state index in [4.69, 9.17) is 16.3 Å². The summed E-state index contributed by atoms with van der Waals surface area (Å²) in [6.45, 7) is 3.94. The molecular weight excluding hydrogens is 316 g/mol. The minimum atomic E-state index is 0.595. The molecule has 3 nitrogen and oxygen atoms in total. The van der Waals surface area contributed by atoms with E-state index in [-0.39, 0.29) is 0 Å². The van der Waals surface area contributed by atoms with Crippen LogP contribution in [0.4, 0.5) is 0 Å². The summed E-state index contributed by atoms with van der Waals surface area (Å²) in [6.07, 6.45) is 0. The zero-order valence-corrected chi connectivity index (χ0v) is 12.8. The number of aromatic nitrogens is 2. The fourth-order valence-corrected chi connectivity index (χ4v) is 2.20. The smallest absolute Gasteiger partial charge is 0.220 e. The Hall–Kier alpha value is -1.00. The van der Waals surface area contributed by atoms with Crippen LogP contribution in [0.2, 0.25) is 5.02 Å². The topological polar surface area (TPSA) is 27.1 Å². The van der Waals surface area contributed by atoms with Crippen molar-refractivity contribution in [3.63, 3.8) is 0 Å². The molecule has 18 heavy (non-hydrogen) atoms. The summed E-state index contributed by atoms with van der Waals surface area (Å²) in [5.41, 5.74) is 3.10. The molecular formula is C13H14BrClN2O. The van der Waals surface area contributed by atoms with Crippen molar-refractivity contribution in [3.05, 3.63) is 40.0 Å². The summed E-state index contributed by atoms with van der Waals surface area (Å²) < 4.78 is 7.61. The highest BCUT2D eigenvalue weighted by Gasteiger charge is 2.13. The van der Waals surface area contributed by atoms with E-state index in [0.717, 1.165) is 28.0 Å². The number of aryl methyl sites for hydroxylation is 2. The van der Waals surface area contributed by atoms with Gasteiger partial charge in [-0.2, -0.15) is 5.10 Å². The van der Waals surface area contributed by atoms with Gasteiger partial charge < -0.3 is 4.74 Å². The fraction of sp³-hybridized carbons (Fsp3) is 0.308. The second kappa shape index (κ2) is 5.33. The molecule has 0 radical (unpaired) electrons. The van der Waals surface area contributed by atoms with Gasteiger partial charge in [0.15, 0.2) is 0 Å². The molecule has 0 unspecified atom stereocenters. The summed E-state index contributed by atoms with van der Waals surface area (Å²) in [6, 6.07) is 5.73. The van der Waals surface area contributed by atoms with Crippen LogP contribution in [0.1, 0.15) is 16.8 Å². The van der Waals surface area contributed by atoms with Crippen LogP contribution in [-0.2, 0) is 12.4 Å². The third kappa shape index (κ3) is 2.54. The first-order chi connectivity index (χ1) is 8.52. The summed E-state index contributed by atoms with van der Waals surface area (Å²) in [5, 5.41) is 5.68. The van der Waals surface area contributed by atoms with Crippen molar-refractivity contribution in [2.45, 2.75) is 19.2 Å². The molecule has 0 atom stereocenters. The van der Waals surface area contributed by atoms with Crippen molar-refractivity contribution in [1.29, 1.82) is 0 Å². The number of hydrogen-bond acceptors (Lipinski definition) is 2. The van der Waals surface area contributed by atoms with Gasteiger partial charge in [-0.25, -0.2) is 4.68 Å². The molecule has 2 rings (SSSR count). The van der Waals surface area contributed by atoms with Crippen LogP contribution < -0.4 is 4.74 Å². The van der Waals surface area contributed by atoms with Crippen LogP contribution in [0.25, 0.3) is 0 Å². The van der Waals surface area contributed by atoms with E-state index < -0.39 is 0 Å². The number of benzene rings is 1. The second-order valence-corrected chi connectivity index (χ2v) is 5.11. The summed E-state index contributed by atoms with van der Waals surface area (Å²) >= 11 is 9.56. The van der Waals surface area contributed by atoms with Crippen LogP contribution in [0, 0.1) is 13.8 Å². The first-order valence-electron chi connectivity index (χ1n) is 5.55. The van der Waals surface area contributed by atoms with Gasteiger partial charge in [0.2, 0.25) is 5.88 Å². The predicted molar refractivity (Wildman–Crippen MR) is 76.8 cm³/mol. The Bertz CT molecular complexity index is 581. The van der Waals surface area contributed by atoms with Crippen LogP contribution in [-0.4, -0.2) is 9.78 Å². The number of alkyl halides is 1. The minimum absolute atomic E-state index is 0.595. The molecule has 96 valence electrons. The first kappa shape index (κ1) is 13.4. The van der Waals surface area contributed by atoms with Crippen LogP contribution in [0.5, 0.6) is 11.6 Å². The van der Waals surface area contributed by atoms with Crippen LogP contribution in [0.15, 0.2) is 18.2 Å². The van der Waals surface area contributed by atoms with E-state index in [9.17, 15) is 0 Å². The maximum Gasteiger partial charge on any atom is 0.220 e. The van der Waals surface area contributed by atoms with E-state index in [1.54, 1.807) is 4.68 Å². The number of hydrogen-bond donors (Lipinski definition) is 0. The molecule has 0 aliphatic rings. The molecule has 0 aliphatic heterocycles. The van der Waals surface area contributed by atoms with E-state index in [0.29, 0.717) is 10.8 Å². The zero-order chi connectivity index (χ0) is 13.3. The van der Waals surface area contributed by atoms with E-state index in [2.05, 4.69) is 21.0 Å². The molecule has 0 bridgehead atoms. The Labute approximate surface area is 120 Å². The highest BCUT2D eigenvalue weighted by atomic mass is 79.9. The van der Waals surface area contributed by atoms with Gasteiger partial charge in [0.1, 0.15) is 5.75 Å². The Morgan fingerprint density at radius 3 is 2.67 bits per heavy atom. The van der Waals surface area contributed by atoms with Crippen molar-refractivity contribution < 1.29 is 4.74 Å². The molecule has 0 saturated carbocycles. The fourth-order valence-electron chi connectivity index (χ4n) is 1.70. The van der Waals surface area contributed by atoms with Crippen molar-refractivity contribution in [2.24, 2.45) is 7.05 Å². The Balaban J connectivity index is 2.39. The molecule has 0 aliphatic carbocycles. The predicted octanol–water partition coefficient (Wildman–Crippen LogP) is 4.38. The van der Waals surface area contributed by atoms with Crippen LogP contribution in [0.3, 0.4) is 0 Å². The standard InChI is InChI=1S/C13H14BrClN2O/c1-8-9(2)16-17(3)13(8)18-12-6-10(7-14)4-5-11(12)15/h4-6H,7H2,1-3H3. The largest absolute Gasteiger partial charge is 0.437 e. The molecule has 0 N–H and O–H groups in total. The highest BCUT2D eigenvalue weighted by molar-refractivity contribution is 9.08. The highest BCUT2D eigenvalue weighted by Crippen LogP contribution is 2.32. The van der Waals surface area contributed by atoms with Crippen molar-refractivity contribution in [2.75, 3.05) is 0 Å². The number of ether oxygens (including phenoxy) is 1. The lowest BCUT2D eigenvalue weighted by molar-refractivity contribution is 0.427. The van der Waals surface area contributed by atoms with Gasteiger partial charge in [-0.05, 0) is 31.5 Å². The van der Waals surface area contributed by atoms with Gasteiger partial charge in [-0.1, -0.05) is 33.6 Å². The summed E-state index contributed by atoms with van der Waals surface area (Å²) in [5.74, 6) is 1.38. The Kier molecular flexibility index (Phi) is 3.97. The molecule has 2 aromatic rings. The SMILES string of the molecule is Cc1nn(C)c(Oc2cc(CBr)ccc2Cl)c1C. The Morgan fingerprint density at radius 1 is 1.39 bits per heavy atom. The maximum absolute atomic E-state index is 6.14. The lowest BCUT2D eigenvalue weighted by atomic mass is 10.2. The van der Waals surface area contributed by atoms with Crippen molar-refractivity contribution in [1.82, 2.24) is 9.78 Å². The van der Waals surface area contributed by atoms with E-state index in [1.807, 2.05) is 39.1 Å². The normalized spacial score (nSPS) is 10.7. The van der Waals surface area contributed by atoms with Crippen molar-refractivity contribution in [3.8, 4) is 11.6 Å². The lowest BCUT2D eigenvalue weighted by Gasteiger charge is -2.09. The minimum Gasteiger partial charge on any atom is -0.437 e. The van der Waals surface area contributed by atoms with Crippen molar-refractivity contribution >= 4 is 27.5 Å². The third-order valence-corrected chi connectivity index (χ3v) is 3.77. The monoisotopic (exact) mass is 328 g/mol. The molecule has 1 aromatic carbocycles. The molecule has 1 aromatic heterocycles. The number of halogens is 2. The number of nitrogens with zero attached hydrogens (tertiary/aromatic N) is 2. The van der Waals surface area contributed by atoms with Gasteiger partial charge in [0.05, 0.1) is 10.7 Å². The molecule has 1 heterocycles. The molecule has 0 saturated heterocycles. The molecule has 5 heteroatoms. The first-order valence-corrected chi connectivity index (χ1v) is 7.05. The van der Waals surface area contributed by atoms with Gasteiger partial charge in [-0.3, -0.25) is 0 Å². The van der Waals surface area contributed by atoms with E-state index in [1.165, 1.54) is 0 Å². The summed E-state index contributed by atoms with van der Waals surface area (Å²) in [4.78, 5) is 0. The zero-order valence-electron chi connectivity index (χ0n) is 10.5. The molecule has 0 spiro atoms. The third-order valence-electron chi connectivity index (χ3n) is 2.81. The van der Waals surface area contributed by atoms with Gasteiger partial charge >= 0.3 is 0 Å². The summed E-state index contributed by atoms with van der Waals surface area (Å²) in [7, 11) is 1.86. The average Bonchev–Trinajstić information content (AvgIpc) is 2.58. The van der Waals surface area contributed by atoms with Gasteiger partial charge in [0, 0.05) is 17.9 Å². The lowest BCUT2D eigenvalue weighted by Crippen LogP contribution is -1.96. The van der Waals surface area contributed by atoms with Gasteiger partial charge in [-0.15, -0.1) is 0 Å². The molecule has 0 fully saturated rings. The van der Waals surface area contributed by atoms with E-state index >= 15 is 0 Å². The second-order valence-electron chi connectivity index (χ2n) is 4.14. The van der Waals surface area contributed by atoms with Crippen LogP contribution >= 0.6 is 27.5 Å². The Morgan fingerprint density at radius 2 is 2.11 bits per heavy atom.